The summed E-state index contributed by atoms with van der Waals surface area (Å²) in [5, 5.41) is 2.73. The Morgan fingerprint density at radius 1 is 1.17 bits per heavy atom. The molecule has 5 nitrogen and oxygen atoms in total. The minimum Gasteiger partial charge on any atom is -0.340 e. The van der Waals surface area contributed by atoms with Gasteiger partial charge in [0.1, 0.15) is 11.9 Å². The summed E-state index contributed by atoms with van der Waals surface area (Å²) in [7, 11) is 2.02. The Hall–Kier alpha value is -1.95. The van der Waals surface area contributed by atoms with Gasteiger partial charge in [0.25, 0.3) is 5.91 Å². The van der Waals surface area contributed by atoms with Crippen LogP contribution in [-0.2, 0) is 4.79 Å². The third-order valence-corrected chi connectivity index (χ3v) is 4.24. The van der Waals surface area contributed by atoms with Crippen molar-refractivity contribution >= 4 is 11.8 Å². The Morgan fingerprint density at radius 3 is 2.38 bits per heavy atom. The number of carbonyl (C=O) groups excluding carboxylic acids is 2. The van der Waals surface area contributed by atoms with Crippen LogP contribution in [0, 0.1) is 11.7 Å². The fourth-order valence-electron chi connectivity index (χ4n) is 2.82. The number of halogens is 1. The van der Waals surface area contributed by atoms with E-state index >= 15 is 0 Å². The zero-order valence-corrected chi connectivity index (χ0v) is 14.6. The molecule has 1 saturated heterocycles. The number of hydrogen-bond donors (Lipinski definition) is 1. The summed E-state index contributed by atoms with van der Waals surface area (Å²) in [6.45, 7) is 6.95. The monoisotopic (exact) mass is 335 g/mol. The lowest BCUT2D eigenvalue weighted by Crippen LogP contribution is -2.54. The Bertz CT molecular complexity index is 583. The van der Waals surface area contributed by atoms with Crippen LogP contribution >= 0.6 is 0 Å². The minimum atomic E-state index is -0.625. The van der Waals surface area contributed by atoms with E-state index in [1.807, 2.05) is 20.9 Å². The molecular formula is C18H26FN3O2. The first kappa shape index (κ1) is 18.4. The van der Waals surface area contributed by atoms with Crippen molar-refractivity contribution in [3.05, 3.63) is 35.6 Å². The Morgan fingerprint density at radius 2 is 1.79 bits per heavy atom. The average Bonchev–Trinajstić information content (AvgIpc) is 2.54. The maximum atomic E-state index is 13.8. The van der Waals surface area contributed by atoms with Gasteiger partial charge in [-0.05, 0) is 31.5 Å². The second kappa shape index (κ2) is 8.24. The third-order valence-electron chi connectivity index (χ3n) is 4.24. The molecule has 1 fully saturated rings. The van der Waals surface area contributed by atoms with Crippen molar-refractivity contribution in [3.8, 4) is 0 Å². The van der Waals surface area contributed by atoms with Crippen LogP contribution < -0.4 is 5.32 Å². The number of rotatable bonds is 5. The highest BCUT2D eigenvalue weighted by atomic mass is 19.1. The van der Waals surface area contributed by atoms with Crippen molar-refractivity contribution in [3.63, 3.8) is 0 Å². The average molecular weight is 335 g/mol. The minimum absolute atomic E-state index is 0.0302. The molecule has 1 aliphatic rings. The summed E-state index contributed by atoms with van der Waals surface area (Å²) in [5.74, 6) is -0.958. The number of nitrogens with one attached hydrogen (secondary N) is 1. The lowest BCUT2D eigenvalue weighted by molar-refractivity contribution is -0.135. The first-order valence-corrected chi connectivity index (χ1v) is 8.41. The lowest BCUT2D eigenvalue weighted by Gasteiger charge is -2.35. The summed E-state index contributed by atoms with van der Waals surface area (Å²) >= 11 is 0. The number of amides is 2. The summed E-state index contributed by atoms with van der Waals surface area (Å²) in [6.07, 6.45) is 0.533. The molecule has 0 unspecified atom stereocenters. The summed E-state index contributed by atoms with van der Waals surface area (Å²) < 4.78 is 13.8. The normalized spacial score (nSPS) is 17.0. The number of likely N-dealkylation sites (N-methyl/N-ethyl adjacent to an activating group) is 1. The molecule has 1 aromatic rings. The molecule has 6 heteroatoms. The van der Waals surface area contributed by atoms with Gasteiger partial charge in [-0.1, -0.05) is 26.0 Å². The van der Waals surface area contributed by atoms with Gasteiger partial charge < -0.3 is 15.1 Å². The highest BCUT2D eigenvalue weighted by Gasteiger charge is 2.29. The SMILES string of the molecule is CC(C)C[C@H](NC(=O)c1ccccc1F)C(=O)N1CCN(C)CC1. The summed E-state index contributed by atoms with van der Waals surface area (Å²) in [6, 6.07) is 5.19. The standard InChI is InChI=1S/C18H26FN3O2/c1-13(2)12-16(18(24)22-10-8-21(3)9-11-22)20-17(23)14-6-4-5-7-15(14)19/h4-7,13,16H,8-12H2,1-3H3,(H,20,23)/t16-/m0/s1. The molecule has 1 atom stereocenters. The molecule has 1 N–H and O–H groups in total. The van der Waals surface area contributed by atoms with Crippen LogP contribution in [0.25, 0.3) is 0 Å². The van der Waals surface area contributed by atoms with Gasteiger partial charge >= 0.3 is 0 Å². The van der Waals surface area contributed by atoms with Crippen molar-refractivity contribution in [2.24, 2.45) is 5.92 Å². The van der Waals surface area contributed by atoms with Gasteiger partial charge in [-0.3, -0.25) is 9.59 Å². The zero-order chi connectivity index (χ0) is 17.7. The topological polar surface area (TPSA) is 52.7 Å². The van der Waals surface area contributed by atoms with Crippen LogP contribution in [0.15, 0.2) is 24.3 Å². The fourth-order valence-corrected chi connectivity index (χ4v) is 2.82. The molecule has 0 aromatic heterocycles. The molecular weight excluding hydrogens is 309 g/mol. The molecule has 1 heterocycles. The van der Waals surface area contributed by atoms with Crippen LogP contribution in [0.2, 0.25) is 0 Å². The second-order valence-corrected chi connectivity index (χ2v) is 6.76. The predicted octanol–water partition coefficient (Wildman–Crippen LogP) is 1.74. The Balaban J connectivity index is 2.09. The van der Waals surface area contributed by atoms with E-state index < -0.39 is 17.8 Å². The molecule has 132 valence electrons. The molecule has 24 heavy (non-hydrogen) atoms. The maximum absolute atomic E-state index is 13.8. The van der Waals surface area contributed by atoms with Crippen LogP contribution in [0.1, 0.15) is 30.6 Å². The van der Waals surface area contributed by atoms with E-state index in [4.69, 9.17) is 0 Å². The molecule has 0 saturated carbocycles. The predicted molar refractivity (Wildman–Crippen MR) is 91.2 cm³/mol. The fraction of sp³-hybridized carbons (Fsp3) is 0.556. The number of benzene rings is 1. The van der Waals surface area contributed by atoms with E-state index in [2.05, 4.69) is 10.2 Å². The first-order chi connectivity index (χ1) is 11.4. The van der Waals surface area contributed by atoms with E-state index in [1.54, 1.807) is 11.0 Å². The van der Waals surface area contributed by atoms with Crippen LogP contribution in [0.5, 0.6) is 0 Å². The van der Waals surface area contributed by atoms with Crippen LogP contribution in [0.3, 0.4) is 0 Å². The summed E-state index contributed by atoms with van der Waals surface area (Å²) in [5.41, 5.74) is -0.0302. The largest absolute Gasteiger partial charge is 0.340 e. The van der Waals surface area contributed by atoms with Gasteiger partial charge in [0.15, 0.2) is 0 Å². The molecule has 2 amide bonds. The molecule has 2 rings (SSSR count). The highest BCUT2D eigenvalue weighted by molar-refractivity contribution is 5.97. The Kier molecular flexibility index (Phi) is 6.31. The van der Waals surface area contributed by atoms with Gasteiger partial charge in [0.05, 0.1) is 5.56 Å². The molecule has 0 aliphatic carbocycles. The van der Waals surface area contributed by atoms with E-state index in [1.165, 1.54) is 18.2 Å². The van der Waals surface area contributed by atoms with Gasteiger partial charge in [-0.25, -0.2) is 4.39 Å². The molecule has 1 aromatic carbocycles. The summed E-state index contributed by atoms with van der Waals surface area (Å²) in [4.78, 5) is 29.1. The van der Waals surface area contributed by atoms with Crippen LogP contribution in [-0.4, -0.2) is 60.9 Å². The molecule has 0 radical (unpaired) electrons. The Labute approximate surface area is 142 Å². The van der Waals surface area contributed by atoms with E-state index in [-0.39, 0.29) is 17.4 Å². The molecule has 0 bridgehead atoms. The van der Waals surface area contributed by atoms with Gasteiger partial charge in [-0.2, -0.15) is 0 Å². The van der Waals surface area contributed by atoms with Gasteiger partial charge in [0, 0.05) is 26.2 Å². The van der Waals surface area contributed by atoms with Crippen molar-refractivity contribution in [2.45, 2.75) is 26.3 Å². The quantitative estimate of drug-likeness (QED) is 0.892. The van der Waals surface area contributed by atoms with Crippen molar-refractivity contribution < 1.29 is 14.0 Å². The number of carbonyl (C=O) groups is 2. The van der Waals surface area contributed by atoms with Crippen molar-refractivity contribution in [1.82, 2.24) is 15.1 Å². The number of nitrogens with zero attached hydrogens (tertiary/aromatic N) is 2. The van der Waals surface area contributed by atoms with Gasteiger partial charge in [-0.15, -0.1) is 0 Å². The smallest absolute Gasteiger partial charge is 0.254 e. The number of piperazine rings is 1. The first-order valence-electron chi connectivity index (χ1n) is 8.41. The van der Waals surface area contributed by atoms with Crippen molar-refractivity contribution in [1.29, 1.82) is 0 Å². The second-order valence-electron chi connectivity index (χ2n) is 6.76. The molecule has 0 spiro atoms. The van der Waals surface area contributed by atoms with Crippen molar-refractivity contribution in [2.75, 3.05) is 33.2 Å². The zero-order valence-electron chi connectivity index (χ0n) is 14.6. The molecule has 1 aliphatic heterocycles. The number of hydrogen-bond acceptors (Lipinski definition) is 3. The van der Waals surface area contributed by atoms with Crippen LogP contribution in [0.4, 0.5) is 4.39 Å². The highest BCUT2D eigenvalue weighted by Crippen LogP contribution is 2.12. The lowest BCUT2D eigenvalue weighted by atomic mass is 10.0. The van der Waals surface area contributed by atoms with Gasteiger partial charge in [0.2, 0.25) is 5.91 Å². The third kappa shape index (κ3) is 4.77. The van der Waals surface area contributed by atoms with E-state index in [0.717, 1.165) is 13.1 Å². The van der Waals surface area contributed by atoms with E-state index in [9.17, 15) is 14.0 Å². The maximum Gasteiger partial charge on any atom is 0.254 e. The van der Waals surface area contributed by atoms with E-state index in [0.29, 0.717) is 19.5 Å².